The number of rotatable bonds is 3. The first-order chi connectivity index (χ1) is 9.04. The third-order valence-corrected chi connectivity index (χ3v) is 3.19. The summed E-state index contributed by atoms with van der Waals surface area (Å²) in [7, 11) is 0. The molecule has 0 aliphatic heterocycles. The third-order valence-electron chi connectivity index (χ3n) is 3.19. The molecule has 100 valence electrons. The van der Waals surface area contributed by atoms with Crippen LogP contribution in [0.25, 0.3) is 11.1 Å². The van der Waals surface area contributed by atoms with Crippen molar-refractivity contribution in [2.75, 3.05) is 0 Å². The predicted molar refractivity (Wildman–Crippen MR) is 70.5 cm³/mol. The molecule has 2 aromatic carbocycles. The van der Waals surface area contributed by atoms with Crippen LogP contribution in [0.5, 0.6) is 0 Å². The number of benzene rings is 2. The molecule has 2 rings (SSSR count). The van der Waals surface area contributed by atoms with Gasteiger partial charge < -0.3 is 0 Å². The molecule has 0 spiro atoms. The molecule has 0 nitrogen and oxygen atoms in total. The van der Waals surface area contributed by atoms with Crippen LogP contribution in [0, 0.1) is 24.4 Å². The molecular formula is C16H15F3. The zero-order chi connectivity index (χ0) is 14.0. The Balaban J connectivity index is 2.47. The van der Waals surface area contributed by atoms with Crippen molar-refractivity contribution in [2.45, 2.75) is 26.7 Å². The summed E-state index contributed by atoms with van der Waals surface area (Å²) in [5.41, 5.74) is 1.28. The van der Waals surface area contributed by atoms with Crippen molar-refractivity contribution in [1.29, 1.82) is 0 Å². The van der Waals surface area contributed by atoms with Crippen LogP contribution in [-0.4, -0.2) is 0 Å². The van der Waals surface area contributed by atoms with Crippen molar-refractivity contribution < 1.29 is 13.2 Å². The number of halogens is 3. The second kappa shape index (κ2) is 5.47. The Kier molecular flexibility index (Phi) is 3.93. The molecule has 3 heteroatoms. The maximum Gasteiger partial charge on any atom is 0.167 e. The number of hydrogen-bond acceptors (Lipinski definition) is 0. The fourth-order valence-electron chi connectivity index (χ4n) is 2.04. The van der Waals surface area contributed by atoms with E-state index in [1.165, 1.54) is 6.92 Å². The molecule has 2 aromatic rings. The van der Waals surface area contributed by atoms with E-state index in [1.54, 1.807) is 12.1 Å². The Labute approximate surface area is 110 Å². The van der Waals surface area contributed by atoms with Crippen molar-refractivity contribution in [2.24, 2.45) is 0 Å². The van der Waals surface area contributed by atoms with Gasteiger partial charge in [-0.2, -0.15) is 0 Å². The molecule has 0 bridgehead atoms. The highest BCUT2D eigenvalue weighted by atomic mass is 19.2. The summed E-state index contributed by atoms with van der Waals surface area (Å²) in [5.74, 6) is -2.85. The molecule has 0 saturated heterocycles. The van der Waals surface area contributed by atoms with E-state index >= 15 is 0 Å². The molecule has 0 amide bonds. The molecule has 0 heterocycles. The maximum absolute atomic E-state index is 13.8. The summed E-state index contributed by atoms with van der Waals surface area (Å²) in [6, 6.07) is 8.14. The zero-order valence-electron chi connectivity index (χ0n) is 10.9. The van der Waals surface area contributed by atoms with Crippen molar-refractivity contribution in [3.63, 3.8) is 0 Å². The van der Waals surface area contributed by atoms with Gasteiger partial charge in [-0.05, 0) is 30.5 Å². The van der Waals surface area contributed by atoms with Crippen LogP contribution in [0.15, 0.2) is 30.3 Å². The summed E-state index contributed by atoms with van der Waals surface area (Å²) in [6.45, 7) is 3.29. The van der Waals surface area contributed by atoms with Crippen LogP contribution in [-0.2, 0) is 6.42 Å². The van der Waals surface area contributed by atoms with Crippen LogP contribution in [0.4, 0.5) is 13.2 Å². The van der Waals surface area contributed by atoms with Crippen LogP contribution in [0.3, 0.4) is 0 Å². The standard InChI is InChI=1S/C16H15F3/c1-3-4-11-5-7-12(8-6-11)13-9-14(17)10(2)15(18)16(13)19/h5-9H,3-4H2,1-2H3. The quantitative estimate of drug-likeness (QED) is 0.682. The summed E-state index contributed by atoms with van der Waals surface area (Å²) < 4.78 is 40.9. The first kappa shape index (κ1) is 13.7. The average Bonchev–Trinajstić information content (AvgIpc) is 2.42. The van der Waals surface area contributed by atoms with Gasteiger partial charge in [0.1, 0.15) is 5.82 Å². The van der Waals surface area contributed by atoms with E-state index in [0.29, 0.717) is 5.56 Å². The molecule has 0 aromatic heterocycles. The Hall–Kier alpha value is -1.77. The highest BCUT2D eigenvalue weighted by molar-refractivity contribution is 5.65. The minimum Gasteiger partial charge on any atom is -0.207 e. The minimum atomic E-state index is -1.12. The Morgan fingerprint density at radius 2 is 1.58 bits per heavy atom. The number of hydrogen-bond donors (Lipinski definition) is 0. The second-order valence-corrected chi connectivity index (χ2v) is 4.61. The second-order valence-electron chi connectivity index (χ2n) is 4.61. The van der Waals surface area contributed by atoms with E-state index in [-0.39, 0.29) is 11.1 Å². The first-order valence-corrected chi connectivity index (χ1v) is 6.28. The van der Waals surface area contributed by atoms with Gasteiger partial charge in [-0.15, -0.1) is 0 Å². The van der Waals surface area contributed by atoms with Gasteiger partial charge in [0, 0.05) is 11.1 Å². The van der Waals surface area contributed by atoms with E-state index < -0.39 is 17.5 Å². The fourth-order valence-corrected chi connectivity index (χ4v) is 2.04. The average molecular weight is 264 g/mol. The molecule has 0 N–H and O–H groups in total. The van der Waals surface area contributed by atoms with Crippen molar-refractivity contribution in [1.82, 2.24) is 0 Å². The van der Waals surface area contributed by atoms with Gasteiger partial charge in [0.05, 0.1) is 0 Å². The van der Waals surface area contributed by atoms with E-state index in [1.807, 2.05) is 12.1 Å². The molecule has 0 aliphatic carbocycles. The molecule has 0 unspecified atom stereocenters. The largest absolute Gasteiger partial charge is 0.207 e. The number of aryl methyl sites for hydroxylation is 1. The van der Waals surface area contributed by atoms with Gasteiger partial charge in [-0.1, -0.05) is 37.6 Å². The van der Waals surface area contributed by atoms with Crippen molar-refractivity contribution in [3.05, 3.63) is 58.9 Å². The molecule has 0 radical (unpaired) electrons. The Morgan fingerprint density at radius 1 is 0.947 bits per heavy atom. The van der Waals surface area contributed by atoms with Crippen molar-refractivity contribution in [3.8, 4) is 11.1 Å². The predicted octanol–water partition coefficient (Wildman–Crippen LogP) is 5.03. The van der Waals surface area contributed by atoms with Gasteiger partial charge in [-0.3, -0.25) is 0 Å². The maximum atomic E-state index is 13.8. The van der Waals surface area contributed by atoms with E-state index in [4.69, 9.17) is 0 Å². The van der Waals surface area contributed by atoms with Gasteiger partial charge >= 0.3 is 0 Å². The van der Waals surface area contributed by atoms with Gasteiger partial charge in [0.15, 0.2) is 11.6 Å². The molecule has 0 saturated carbocycles. The van der Waals surface area contributed by atoms with Crippen molar-refractivity contribution >= 4 is 0 Å². The summed E-state index contributed by atoms with van der Waals surface area (Å²) >= 11 is 0. The topological polar surface area (TPSA) is 0 Å². The lowest BCUT2D eigenvalue weighted by atomic mass is 10.00. The lowest BCUT2D eigenvalue weighted by Gasteiger charge is -2.08. The minimum absolute atomic E-state index is 0.0383. The monoisotopic (exact) mass is 264 g/mol. The van der Waals surface area contributed by atoms with Crippen LogP contribution in [0.2, 0.25) is 0 Å². The lowest BCUT2D eigenvalue weighted by Crippen LogP contribution is -1.97. The highest BCUT2D eigenvalue weighted by Gasteiger charge is 2.16. The summed E-state index contributed by atoms with van der Waals surface area (Å²) in [5, 5.41) is 0. The highest BCUT2D eigenvalue weighted by Crippen LogP contribution is 2.28. The van der Waals surface area contributed by atoms with E-state index in [9.17, 15) is 13.2 Å². The normalized spacial score (nSPS) is 10.8. The van der Waals surface area contributed by atoms with E-state index in [2.05, 4.69) is 6.92 Å². The van der Waals surface area contributed by atoms with Gasteiger partial charge in [0.2, 0.25) is 0 Å². The van der Waals surface area contributed by atoms with E-state index in [0.717, 1.165) is 24.5 Å². The van der Waals surface area contributed by atoms with Crippen LogP contribution >= 0.6 is 0 Å². The molecule has 0 atom stereocenters. The zero-order valence-corrected chi connectivity index (χ0v) is 10.9. The summed E-state index contributed by atoms with van der Waals surface area (Å²) in [6.07, 6.45) is 1.95. The van der Waals surface area contributed by atoms with Gasteiger partial charge in [-0.25, -0.2) is 13.2 Å². The smallest absolute Gasteiger partial charge is 0.167 e. The molecular weight excluding hydrogens is 249 g/mol. The molecule has 0 fully saturated rings. The fraction of sp³-hybridized carbons (Fsp3) is 0.250. The SMILES string of the molecule is CCCc1ccc(-c2cc(F)c(C)c(F)c2F)cc1. The van der Waals surface area contributed by atoms with Crippen LogP contribution < -0.4 is 0 Å². The Morgan fingerprint density at radius 3 is 2.16 bits per heavy atom. The molecule has 19 heavy (non-hydrogen) atoms. The summed E-state index contributed by atoms with van der Waals surface area (Å²) in [4.78, 5) is 0. The lowest BCUT2D eigenvalue weighted by molar-refractivity contribution is 0.489. The third kappa shape index (κ3) is 2.65. The van der Waals surface area contributed by atoms with Crippen LogP contribution in [0.1, 0.15) is 24.5 Å². The van der Waals surface area contributed by atoms with Gasteiger partial charge in [0.25, 0.3) is 0 Å². The first-order valence-electron chi connectivity index (χ1n) is 6.28. The Bertz CT molecular complexity index is 586. The molecule has 0 aliphatic rings.